The number of halogens is 2. The molecule has 0 heterocycles. The Hall–Kier alpha value is -1.90. The van der Waals surface area contributed by atoms with Gasteiger partial charge in [0.15, 0.2) is 17.4 Å². The van der Waals surface area contributed by atoms with Crippen LogP contribution in [0.4, 0.5) is 8.78 Å². The first-order chi connectivity index (χ1) is 14.5. The predicted molar refractivity (Wildman–Crippen MR) is 120 cm³/mol. The zero-order valence-electron chi connectivity index (χ0n) is 18.6. The molecule has 3 rings (SSSR count). The molecule has 1 saturated carbocycles. The van der Waals surface area contributed by atoms with Crippen LogP contribution >= 0.6 is 0 Å². The molecular weight excluding hydrogens is 378 g/mol. The van der Waals surface area contributed by atoms with Crippen molar-refractivity contribution in [2.75, 3.05) is 6.61 Å². The maximum Gasteiger partial charge on any atom is 0.190 e. The van der Waals surface area contributed by atoms with Crippen LogP contribution in [0.25, 0.3) is 0 Å². The normalized spacial score (nSPS) is 19.1. The number of aryl methyl sites for hydroxylation is 3. The minimum Gasteiger partial charge on any atom is -0.487 e. The molecule has 0 N–H and O–H groups in total. The molecule has 164 valence electrons. The van der Waals surface area contributed by atoms with Gasteiger partial charge < -0.3 is 4.74 Å². The monoisotopic (exact) mass is 414 g/mol. The summed E-state index contributed by atoms with van der Waals surface area (Å²) in [6, 6.07) is 11.8. The van der Waals surface area contributed by atoms with Crippen LogP contribution in [0.2, 0.25) is 0 Å². The lowest BCUT2D eigenvalue weighted by molar-refractivity contribution is 0.170. The average molecular weight is 415 g/mol. The molecule has 0 atom stereocenters. The average Bonchev–Trinajstić information content (AvgIpc) is 2.73. The quantitative estimate of drug-likeness (QED) is 0.360. The van der Waals surface area contributed by atoms with E-state index in [1.54, 1.807) is 6.92 Å². The Labute approximate surface area is 180 Å². The lowest BCUT2D eigenvalue weighted by Crippen LogP contribution is -2.21. The molecule has 1 aliphatic rings. The smallest absolute Gasteiger partial charge is 0.190 e. The summed E-state index contributed by atoms with van der Waals surface area (Å²) in [6.07, 6.45) is 11.9. The Kier molecular flexibility index (Phi) is 8.72. The Bertz CT molecular complexity index is 753. The van der Waals surface area contributed by atoms with Crippen LogP contribution in [0.3, 0.4) is 0 Å². The molecule has 3 heteroatoms. The number of rotatable bonds is 10. The van der Waals surface area contributed by atoms with Crippen LogP contribution < -0.4 is 4.74 Å². The van der Waals surface area contributed by atoms with Gasteiger partial charge in [0.1, 0.15) is 0 Å². The van der Waals surface area contributed by atoms with Crippen LogP contribution in [0.1, 0.15) is 75.0 Å². The molecule has 0 unspecified atom stereocenters. The van der Waals surface area contributed by atoms with Gasteiger partial charge in [-0.3, -0.25) is 0 Å². The summed E-state index contributed by atoms with van der Waals surface area (Å²) in [5.41, 5.74) is 3.46. The highest BCUT2D eigenvalue weighted by Gasteiger charge is 2.22. The van der Waals surface area contributed by atoms with Gasteiger partial charge in [0.2, 0.25) is 0 Å². The lowest BCUT2D eigenvalue weighted by atomic mass is 9.80. The summed E-state index contributed by atoms with van der Waals surface area (Å²) in [4.78, 5) is 0. The zero-order valence-corrected chi connectivity index (χ0v) is 18.6. The maximum atomic E-state index is 13.9. The standard InChI is InChI=1S/C27H36F2O/c1-3-4-5-6-21-7-9-22(10-8-21)11-12-23-13-15-24(16-14-23)19-30-27-25(28)17-20(2)18-26(27)29/h7-10,17-18,23-24H,3-6,11-16,19H2,1-2H3. The summed E-state index contributed by atoms with van der Waals surface area (Å²) >= 11 is 0. The predicted octanol–water partition coefficient (Wildman–Crippen LogP) is 7.82. The van der Waals surface area contributed by atoms with Gasteiger partial charge in [0, 0.05) is 0 Å². The summed E-state index contributed by atoms with van der Waals surface area (Å²) < 4.78 is 33.4. The fourth-order valence-corrected chi connectivity index (χ4v) is 4.54. The fraction of sp³-hybridized carbons (Fsp3) is 0.556. The van der Waals surface area contributed by atoms with Gasteiger partial charge in [-0.15, -0.1) is 0 Å². The van der Waals surface area contributed by atoms with Crippen molar-refractivity contribution >= 4 is 0 Å². The number of hydrogen-bond acceptors (Lipinski definition) is 1. The highest BCUT2D eigenvalue weighted by molar-refractivity contribution is 5.30. The van der Waals surface area contributed by atoms with Crippen molar-refractivity contribution in [1.82, 2.24) is 0 Å². The van der Waals surface area contributed by atoms with Crippen molar-refractivity contribution in [2.24, 2.45) is 11.8 Å². The summed E-state index contributed by atoms with van der Waals surface area (Å²) in [7, 11) is 0. The van der Waals surface area contributed by atoms with Gasteiger partial charge in [0.05, 0.1) is 6.61 Å². The van der Waals surface area contributed by atoms with Gasteiger partial charge in [-0.1, -0.05) is 56.9 Å². The van der Waals surface area contributed by atoms with Crippen LogP contribution in [0, 0.1) is 30.4 Å². The highest BCUT2D eigenvalue weighted by atomic mass is 19.1. The first-order valence-electron chi connectivity index (χ1n) is 11.7. The van der Waals surface area contributed by atoms with Gasteiger partial charge in [-0.25, -0.2) is 8.78 Å². The summed E-state index contributed by atoms with van der Waals surface area (Å²) in [6.45, 7) is 4.33. The second-order valence-electron chi connectivity index (χ2n) is 9.07. The topological polar surface area (TPSA) is 9.23 Å². The van der Waals surface area contributed by atoms with Crippen LogP contribution in [-0.2, 0) is 12.8 Å². The van der Waals surface area contributed by atoms with Crippen molar-refractivity contribution in [1.29, 1.82) is 0 Å². The zero-order chi connectivity index (χ0) is 21.3. The first kappa shape index (κ1) is 22.8. The molecule has 2 aromatic carbocycles. The Morgan fingerprint density at radius 2 is 1.40 bits per heavy atom. The number of unbranched alkanes of at least 4 members (excludes halogenated alkanes) is 2. The molecule has 0 radical (unpaired) electrons. The largest absolute Gasteiger partial charge is 0.487 e. The highest BCUT2D eigenvalue weighted by Crippen LogP contribution is 2.33. The van der Waals surface area contributed by atoms with Crippen LogP contribution in [0.15, 0.2) is 36.4 Å². The Balaban J connectivity index is 1.37. The number of hydrogen-bond donors (Lipinski definition) is 0. The third-order valence-electron chi connectivity index (χ3n) is 6.51. The van der Waals surface area contributed by atoms with E-state index in [9.17, 15) is 8.78 Å². The van der Waals surface area contributed by atoms with Gasteiger partial charge in [-0.2, -0.15) is 0 Å². The van der Waals surface area contributed by atoms with Crippen molar-refractivity contribution < 1.29 is 13.5 Å². The van der Waals surface area contributed by atoms with E-state index in [1.165, 1.54) is 68.2 Å². The number of ether oxygens (including phenoxy) is 1. The van der Waals surface area contributed by atoms with Crippen molar-refractivity contribution in [3.05, 3.63) is 64.7 Å². The Morgan fingerprint density at radius 1 is 0.833 bits per heavy atom. The molecule has 1 fully saturated rings. The maximum absolute atomic E-state index is 13.9. The van der Waals surface area contributed by atoms with Crippen molar-refractivity contribution in [3.63, 3.8) is 0 Å². The molecule has 30 heavy (non-hydrogen) atoms. The van der Waals surface area contributed by atoms with E-state index < -0.39 is 11.6 Å². The molecule has 1 aliphatic carbocycles. The van der Waals surface area contributed by atoms with E-state index in [-0.39, 0.29) is 5.75 Å². The molecule has 0 amide bonds. The second kappa shape index (κ2) is 11.5. The SMILES string of the molecule is CCCCCc1ccc(CCC2CCC(COc3c(F)cc(C)cc3F)CC2)cc1. The van der Waals surface area contributed by atoms with Crippen LogP contribution in [0.5, 0.6) is 5.75 Å². The van der Waals surface area contributed by atoms with Crippen LogP contribution in [-0.4, -0.2) is 6.61 Å². The molecule has 0 saturated heterocycles. The molecule has 0 spiro atoms. The van der Waals surface area contributed by atoms with Gasteiger partial charge in [0.25, 0.3) is 0 Å². The second-order valence-corrected chi connectivity index (χ2v) is 9.07. The first-order valence-corrected chi connectivity index (χ1v) is 11.7. The molecule has 0 aliphatic heterocycles. The van der Waals surface area contributed by atoms with E-state index in [4.69, 9.17) is 4.74 Å². The van der Waals surface area contributed by atoms with Gasteiger partial charge in [-0.05, 0) is 86.1 Å². The number of benzene rings is 2. The van der Waals surface area contributed by atoms with Crippen molar-refractivity contribution in [3.8, 4) is 5.75 Å². The third-order valence-corrected chi connectivity index (χ3v) is 6.51. The van der Waals surface area contributed by atoms with E-state index in [0.717, 1.165) is 25.2 Å². The Morgan fingerprint density at radius 3 is 2.00 bits per heavy atom. The molecule has 2 aromatic rings. The third kappa shape index (κ3) is 6.82. The van der Waals surface area contributed by atoms with E-state index in [2.05, 4.69) is 31.2 Å². The van der Waals surface area contributed by atoms with E-state index in [1.807, 2.05) is 0 Å². The summed E-state index contributed by atoms with van der Waals surface area (Å²) in [5, 5.41) is 0. The molecule has 1 nitrogen and oxygen atoms in total. The lowest BCUT2D eigenvalue weighted by Gasteiger charge is -2.28. The minimum absolute atomic E-state index is 0.221. The molecule has 0 bridgehead atoms. The minimum atomic E-state index is -0.599. The summed E-state index contributed by atoms with van der Waals surface area (Å²) in [5.74, 6) is -0.280. The molecular formula is C27H36F2O. The van der Waals surface area contributed by atoms with Crippen molar-refractivity contribution in [2.45, 2.75) is 78.1 Å². The van der Waals surface area contributed by atoms with E-state index in [0.29, 0.717) is 18.1 Å². The van der Waals surface area contributed by atoms with Gasteiger partial charge >= 0.3 is 0 Å². The fourth-order valence-electron chi connectivity index (χ4n) is 4.54. The molecule has 0 aromatic heterocycles. The van der Waals surface area contributed by atoms with E-state index >= 15 is 0 Å².